The van der Waals surface area contributed by atoms with E-state index in [-0.39, 0.29) is 29.6 Å². The molecule has 0 aromatic heterocycles. The maximum atomic E-state index is 12.1. The largest absolute Gasteiger partial charge is 0.353 e. The number of Topliss-reactive ketones (excluding diaryl/α,β-unsaturated/α-hetero) is 1. The van der Waals surface area contributed by atoms with Gasteiger partial charge in [-0.1, -0.05) is 0 Å². The van der Waals surface area contributed by atoms with Crippen LogP contribution in [0.1, 0.15) is 39.5 Å². The number of amides is 2. The van der Waals surface area contributed by atoms with Crippen LogP contribution >= 0.6 is 0 Å². The number of carbonyl (C=O) groups is 3. The van der Waals surface area contributed by atoms with Gasteiger partial charge in [-0.15, -0.1) is 0 Å². The molecule has 1 aliphatic heterocycles. The third-order valence-electron chi connectivity index (χ3n) is 4.73. The highest BCUT2D eigenvalue weighted by Crippen LogP contribution is 2.23. The summed E-state index contributed by atoms with van der Waals surface area (Å²) >= 11 is 0. The predicted molar refractivity (Wildman–Crippen MR) is 83.3 cm³/mol. The molecule has 0 spiro atoms. The molecule has 1 N–H and O–H groups in total. The lowest BCUT2D eigenvalue weighted by Crippen LogP contribution is -2.50. The van der Waals surface area contributed by atoms with Gasteiger partial charge in [0.2, 0.25) is 11.8 Å². The molecular formula is C16H27N3O3. The van der Waals surface area contributed by atoms with Gasteiger partial charge in [0, 0.05) is 45.1 Å². The van der Waals surface area contributed by atoms with Gasteiger partial charge < -0.3 is 10.2 Å². The van der Waals surface area contributed by atoms with Crippen LogP contribution in [0.3, 0.4) is 0 Å². The molecule has 2 aliphatic rings. The normalized spacial score (nSPS) is 20.5. The van der Waals surface area contributed by atoms with Crippen LogP contribution in [0.15, 0.2) is 0 Å². The second kappa shape index (κ2) is 7.72. The molecule has 0 radical (unpaired) electrons. The third kappa shape index (κ3) is 4.29. The van der Waals surface area contributed by atoms with E-state index >= 15 is 0 Å². The van der Waals surface area contributed by atoms with Gasteiger partial charge in [-0.05, 0) is 26.7 Å². The Morgan fingerprint density at radius 2 is 1.77 bits per heavy atom. The first-order valence-corrected chi connectivity index (χ1v) is 8.35. The molecule has 6 nitrogen and oxygen atoms in total. The number of piperidine rings is 1. The molecule has 1 aliphatic carbocycles. The number of rotatable bonds is 6. The first-order chi connectivity index (χ1) is 10.5. The Labute approximate surface area is 132 Å². The second-order valence-electron chi connectivity index (χ2n) is 6.27. The molecule has 6 heteroatoms. The predicted octanol–water partition coefficient (Wildman–Crippen LogP) is 0.415. The number of hydrogen-bond donors (Lipinski definition) is 1. The molecule has 0 atom stereocenters. The number of ketones is 1. The SMILES string of the molecule is CCN(CC)C(=O)CN1CCC(NC(=O)C2CC(=O)C2)CC1. The molecule has 2 amide bonds. The standard InChI is InChI=1S/C16H27N3O3/c1-3-19(4-2)15(21)11-18-7-5-13(6-8-18)17-16(22)12-9-14(20)10-12/h12-13H,3-11H2,1-2H3,(H,17,22). The number of carbonyl (C=O) groups excluding carboxylic acids is 3. The van der Waals surface area contributed by atoms with Crippen LogP contribution in [0.4, 0.5) is 0 Å². The van der Waals surface area contributed by atoms with Crippen LogP contribution in [0.25, 0.3) is 0 Å². The van der Waals surface area contributed by atoms with Crippen molar-refractivity contribution >= 4 is 17.6 Å². The topological polar surface area (TPSA) is 69.7 Å². The molecule has 0 unspecified atom stereocenters. The average molecular weight is 309 g/mol. The van der Waals surface area contributed by atoms with E-state index < -0.39 is 0 Å². The number of nitrogens with zero attached hydrogens (tertiary/aromatic N) is 2. The summed E-state index contributed by atoms with van der Waals surface area (Å²) in [5.41, 5.74) is 0. The van der Waals surface area contributed by atoms with Crippen LogP contribution in [0.2, 0.25) is 0 Å². The van der Waals surface area contributed by atoms with E-state index in [1.54, 1.807) is 0 Å². The van der Waals surface area contributed by atoms with Crippen LogP contribution in [0.5, 0.6) is 0 Å². The van der Waals surface area contributed by atoms with E-state index in [9.17, 15) is 14.4 Å². The number of hydrogen-bond acceptors (Lipinski definition) is 4. The molecular weight excluding hydrogens is 282 g/mol. The summed E-state index contributed by atoms with van der Waals surface area (Å²) in [5.74, 6) is 0.289. The first-order valence-electron chi connectivity index (χ1n) is 8.35. The highest BCUT2D eigenvalue weighted by molar-refractivity contribution is 5.96. The van der Waals surface area contributed by atoms with Gasteiger partial charge >= 0.3 is 0 Å². The van der Waals surface area contributed by atoms with E-state index in [2.05, 4.69) is 10.2 Å². The quantitative estimate of drug-likeness (QED) is 0.772. The Balaban J connectivity index is 1.68. The van der Waals surface area contributed by atoms with Crippen LogP contribution in [-0.4, -0.2) is 66.2 Å². The number of likely N-dealkylation sites (tertiary alicyclic amines) is 1. The zero-order valence-corrected chi connectivity index (χ0v) is 13.6. The summed E-state index contributed by atoms with van der Waals surface area (Å²) in [4.78, 5) is 39.0. The molecule has 0 bridgehead atoms. The molecule has 124 valence electrons. The molecule has 2 fully saturated rings. The zero-order chi connectivity index (χ0) is 16.1. The van der Waals surface area contributed by atoms with E-state index in [1.807, 2.05) is 18.7 Å². The molecule has 1 saturated carbocycles. The lowest BCUT2D eigenvalue weighted by molar-refractivity contribution is -0.138. The Morgan fingerprint density at radius 3 is 2.27 bits per heavy atom. The Kier molecular flexibility index (Phi) is 5.94. The summed E-state index contributed by atoms with van der Waals surface area (Å²) in [6.07, 6.45) is 2.56. The van der Waals surface area contributed by atoms with Gasteiger partial charge in [-0.25, -0.2) is 0 Å². The molecule has 1 heterocycles. The number of likely N-dealkylation sites (N-methyl/N-ethyl adjacent to an activating group) is 1. The fraction of sp³-hybridized carbons (Fsp3) is 0.812. The van der Waals surface area contributed by atoms with Crippen molar-refractivity contribution in [2.45, 2.75) is 45.6 Å². The average Bonchev–Trinajstić information content (AvgIpc) is 2.47. The summed E-state index contributed by atoms with van der Waals surface area (Å²) < 4.78 is 0. The van der Waals surface area contributed by atoms with Crippen molar-refractivity contribution in [3.8, 4) is 0 Å². The van der Waals surface area contributed by atoms with Gasteiger partial charge in [0.05, 0.1) is 12.5 Å². The first kappa shape index (κ1) is 16.9. The Bertz CT molecular complexity index is 418. The fourth-order valence-electron chi connectivity index (χ4n) is 3.10. The van der Waals surface area contributed by atoms with Crippen molar-refractivity contribution in [2.75, 3.05) is 32.7 Å². The third-order valence-corrected chi connectivity index (χ3v) is 4.73. The van der Waals surface area contributed by atoms with Crippen molar-refractivity contribution in [1.82, 2.24) is 15.1 Å². The minimum atomic E-state index is -0.102. The summed E-state index contributed by atoms with van der Waals surface area (Å²) in [6.45, 7) is 7.63. The van der Waals surface area contributed by atoms with Crippen molar-refractivity contribution in [2.24, 2.45) is 5.92 Å². The second-order valence-corrected chi connectivity index (χ2v) is 6.27. The maximum absolute atomic E-state index is 12.1. The lowest BCUT2D eigenvalue weighted by Gasteiger charge is -2.34. The van der Waals surface area contributed by atoms with Gasteiger partial charge in [0.1, 0.15) is 5.78 Å². The molecule has 22 heavy (non-hydrogen) atoms. The molecule has 0 aromatic carbocycles. The molecule has 1 saturated heterocycles. The fourth-order valence-corrected chi connectivity index (χ4v) is 3.10. The van der Waals surface area contributed by atoms with Crippen molar-refractivity contribution in [1.29, 1.82) is 0 Å². The van der Waals surface area contributed by atoms with Gasteiger partial charge in [-0.2, -0.15) is 0 Å². The van der Waals surface area contributed by atoms with E-state index in [1.165, 1.54) is 0 Å². The smallest absolute Gasteiger partial charge is 0.236 e. The van der Waals surface area contributed by atoms with E-state index in [0.29, 0.717) is 19.4 Å². The number of nitrogens with one attached hydrogen (secondary N) is 1. The van der Waals surface area contributed by atoms with E-state index in [0.717, 1.165) is 39.0 Å². The highest BCUT2D eigenvalue weighted by Gasteiger charge is 2.34. The zero-order valence-electron chi connectivity index (χ0n) is 13.6. The van der Waals surface area contributed by atoms with Gasteiger partial charge in [0.25, 0.3) is 0 Å². The van der Waals surface area contributed by atoms with Gasteiger partial charge in [-0.3, -0.25) is 19.3 Å². The van der Waals surface area contributed by atoms with Crippen molar-refractivity contribution < 1.29 is 14.4 Å². The van der Waals surface area contributed by atoms with E-state index in [4.69, 9.17) is 0 Å². The minimum absolute atomic E-state index is 0.0252. The maximum Gasteiger partial charge on any atom is 0.236 e. The summed E-state index contributed by atoms with van der Waals surface area (Å²) in [6, 6.07) is 0.183. The van der Waals surface area contributed by atoms with Crippen molar-refractivity contribution in [3.05, 3.63) is 0 Å². The Morgan fingerprint density at radius 1 is 1.18 bits per heavy atom. The lowest BCUT2D eigenvalue weighted by atomic mass is 9.83. The monoisotopic (exact) mass is 309 g/mol. The summed E-state index contributed by atoms with van der Waals surface area (Å²) in [5, 5.41) is 3.05. The minimum Gasteiger partial charge on any atom is -0.353 e. The van der Waals surface area contributed by atoms with Gasteiger partial charge in [0.15, 0.2) is 0 Å². The summed E-state index contributed by atoms with van der Waals surface area (Å²) in [7, 11) is 0. The molecule has 0 aromatic rings. The van der Waals surface area contributed by atoms with Crippen LogP contribution in [-0.2, 0) is 14.4 Å². The Hall–Kier alpha value is -1.43. The molecule has 2 rings (SSSR count). The van der Waals surface area contributed by atoms with Crippen LogP contribution < -0.4 is 5.32 Å². The van der Waals surface area contributed by atoms with Crippen LogP contribution in [0, 0.1) is 5.92 Å². The van der Waals surface area contributed by atoms with Crippen molar-refractivity contribution in [3.63, 3.8) is 0 Å². The highest BCUT2D eigenvalue weighted by atomic mass is 16.2.